The molecule has 0 fully saturated rings. The molecule has 34 heavy (non-hydrogen) atoms. The fourth-order valence-corrected chi connectivity index (χ4v) is 4.70. The fourth-order valence-electron chi connectivity index (χ4n) is 3.57. The number of esters is 2. The minimum Gasteiger partial charge on any atom is -0.493 e. The molecular formula is C24H28Br2O8. The van der Waals surface area contributed by atoms with Crippen molar-refractivity contribution in [2.75, 3.05) is 41.7 Å². The van der Waals surface area contributed by atoms with Crippen LogP contribution >= 0.6 is 31.9 Å². The smallest absolute Gasteiger partial charge is 0.314 e. The zero-order valence-corrected chi connectivity index (χ0v) is 23.1. The van der Waals surface area contributed by atoms with Crippen LogP contribution in [0.2, 0.25) is 0 Å². The number of carbonyl (C=O) groups excluding carboxylic acids is 2. The molecule has 0 bridgehead atoms. The summed E-state index contributed by atoms with van der Waals surface area (Å²) >= 11 is 7.04. The molecule has 0 spiro atoms. The van der Waals surface area contributed by atoms with Crippen LogP contribution in [0.4, 0.5) is 0 Å². The summed E-state index contributed by atoms with van der Waals surface area (Å²) in [4.78, 5) is 26.7. The van der Waals surface area contributed by atoms with Gasteiger partial charge in [0.25, 0.3) is 0 Å². The van der Waals surface area contributed by atoms with Crippen molar-refractivity contribution in [1.82, 2.24) is 0 Å². The third-order valence-electron chi connectivity index (χ3n) is 5.09. The summed E-state index contributed by atoms with van der Waals surface area (Å²) in [6.45, 7) is 3.65. The molecule has 0 aliphatic rings. The predicted octanol–water partition coefficient (Wildman–Crippen LogP) is 5.24. The Morgan fingerprint density at radius 3 is 1.21 bits per heavy atom. The molecule has 2 aromatic carbocycles. The van der Waals surface area contributed by atoms with Gasteiger partial charge in [-0.1, -0.05) is 31.9 Å². The molecule has 0 N–H and O–H groups in total. The number of rotatable bonds is 11. The van der Waals surface area contributed by atoms with Crippen LogP contribution in [0.1, 0.15) is 36.8 Å². The maximum atomic E-state index is 13.4. The SMILES string of the molecule is CCOC(=O)C(c1cc(OC)c(OC)cc1Br)C(C(=O)OCC)c1cc(OC)c(OC)cc1Br. The van der Waals surface area contributed by atoms with Gasteiger partial charge in [0.2, 0.25) is 0 Å². The second-order valence-electron chi connectivity index (χ2n) is 6.92. The van der Waals surface area contributed by atoms with E-state index in [0.717, 1.165) is 0 Å². The molecule has 8 nitrogen and oxygen atoms in total. The van der Waals surface area contributed by atoms with Gasteiger partial charge in [-0.15, -0.1) is 0 Å². The molecule has 2 atom stereocenters. The average molecular weight is 604 g/mol. The van der Waals surface area contributed by atoms with Gasteiger partial charge in [0.15, 0.2) is 23.0 Å². The molecule has 0 radical (unpaired) electrons. The summed E-state index contributed by atoms with van der Waals surface area (Å²) in [7, 11) is 6.00. The zero-order chi connectivity index (χ0) is 25.4. The lowest BCUT2D eigenvalue weighted by Gasteiger charge is -2.27. The normalized spacial score (nSPS) is 12.4. The first kappa shape index (κ1) is 27.8. The number of ether oxygens (including phenoxy) is 6. The molecule has 186 valence electrons. The van der Waals surface area contributed by atoms with Crippen molar-refractivity contribution >= 4 is 43.8 Å². The fraction of sp³-hybridized carbons (Fsp3) is 0.417. The molecule has 0 amide bonds. The lowest BCUT2D eigenvalue weighted by Crippen LogP contribution is -2.30. The Bertz CT molecular complexity index is 943. The van der Waals surface area contributed by atoms with Gasteiger partial charge in [-0.3, -0.25) is 9.59 Å². The molecule has 2 unspecified atom stereocenters. The minimum absolute atomic E-state index is 0.128. The van der Waals surface area contributed by atoms with Crippen LogP contribution in [0, 0.1) is 0 Å². The van der Waals surface area contributed by atoms with E-state index in [1.807, 2.05) is 0 Å². The second kappa shape index (κ2) is 12.9. The molecule has 0 aliphatic carbocycles. The van der Waals surface area contributed by atoms with Gasteiger partial charge in [-0.2, -0.15) is 0 Å². The van der Waals surface area contributed by atoms with Gasteiger partial charge in [0.05, 0.1) is 41.7 Å². The standard InChI is InChI=1S/C24H28Br2O8/c1-7-33-23(27)21(13-9-17(29-3)19(31-5)11-15(13)25)22(24(28)34-8-2)14-10-18(30-4)20(32-6)12-16(14)26/h9-12,21-22H,7-8H2,1-6H3. The Hall–Kier alpha value is -2.46. The largest absolute Gasteiger partial charge is 0.493 e. The number of hydrogen-bond acceptors (Lipinski definition) is 8. The highest BCUT2D eigenvalue weighted by Gasteiger charge is 2.41. The summed E-state index contributed by atoms with van der Waals surface area (Å²) < 4.78 is 33.5. The van der Waals surface area contributed by atoms with Gasteiger partial charge in [-0.05, 0) is 49.2 Å². The second-order valence-corrected chi connectivity index (χ2v) is 8.63. The van der Waals surface area contributed by atoms with Crippen molar-refractivity contribution in [3.8, 4) is 23.0 Å². The highest BCUT2D eigenvalue weighted by atomic mass is 79.9. The predicted molar refractivity (Wildman–Crippen MR) is 133 cm³/mol. The van der Waals surface area contributed by atoms with Crippen LogP contribution in [-0.4, -0.2) is 53.6 Å². The quantitative estimate of drug-likeness (QED) is 0.322. The first-order chi connectivity index (χ1) is 16.3. The first-order valence-electron chi connectivity index (χ1n) is 10.4. The minimum atomic E-state index is -1.08. The number of benzene rings is 2. The third-order valence-corrected chi connectivity index (χ3v) is 6.46. The molecule has 10 heteroatoms. The molecule has 0 aromatic heterocycles. The summed E-state index contributed by atoms with van der Waals surface area (Å²) in [5.41, 5.74) is 0.937. The summed E-state index contributed by atoms with van der Waals surface area (Å²) in [5.74, 6) is -1.66. The molecule has 0 saturated carbocycles. The van der Waals surface area contributed by atoms with E-state index in [1.54, 1.807) is 38.1 Å². The average Bonchev–Trinajstić information content (AvgIpc) is 2.82. The van der Waals surface area contributed by atoms with E-state index in [9.17, 15) is 9.59 Å². The van der Waals surface area contributed by atoms with Crippen LogP contribution in [0.5, 0.6) is 23.0 Å². The van der Waals surface area contributed by atoms with Crippen molar-refractivity contribution < 1.29 is 38.0 Å². The Labute approximate surface area is 216 Å². The summed E-state index contributed by atoms with van der Waals surface area (Å²) in [5, 5.41) is 0. The lowest BCUT2D eigenvalue weighted by atomic mass is 9.81. The van der Waals surface area contributed by atoms with Crippen LogP contribution < -0.4 is 18.9 Å². The van der Waals surface area contributed by atoms with Crippen LogP contribution in [0.3, 0.4) is 0 Å². The third kappa shape index (κ3) is 5.96. The van der Waals surface area contributed by atoms with Gasteiger partial charge < -0.3 is 28.4 Å². The van der Waals surface area contributed by atoms with Crippen LogP contribution in [-0.2, 0) is 19.1 Å². The van der Waals surface area contributed by atoms with Gasteiger partial charge in [0, 0.05) is 8.95 Å². The van der Waals surface area contributed by atoms with Crippen LogP contribution in [0.25, 0.3) is 0 Å². The van der Waals surface area contributed by atoms with Gasteiger partial charge in [0.1, 0.15) is 11.8 Å². The van der Waals surface area contributed by atoms with E-state index in [-0.39, 0.29) is 13.2 Å². The molecule has 0 aliphatic heterocycles. The van der Waals surface area contributed by atoms with Crippen LogP contribution in [0.15, 0.2) is 33.2 Å². The highest BCUT2D eigenvalue weighted by Crippen LogP contribution is 2.46. The Morgan fingerprint density at radius 1 is 0.647 bits per heavy atom. The molecule has 0 saturated heterocycles. The molecule has 2 aromatic rings. The molecular weight excluding hydrogens is 576 g/mol. The topological polar surface area (TPSA) is 89.5 Å². The van der Waals surface area contributed by atoms with Crippen molar-refractivity contribution in [3.63, 3.8) is 0 Å². The Kier molecular flexibility index (Phi) is 10.5. The first-order valence-corrected chi connectivity index (χ1v) is 12.0. The monoisotopic (exact) mass is 602 g/mol. The highest BCUT2D eigenvalue weighted by molar-refractivity contribution is 9.10. The van der Waals surface area contributed by atoms with Crippen molar-refractivity contribution in [2.24, 2.45) is 0 Å². The van der Waals surface area contributed by atoms with Crippen molar-refractivity contribution in [3.05, 3.63) is 44.3 Å². The number of hydrogen-bond donors (Lipinski definition) is 0. The maximum Gasteiger partial charge on any atom is 0.314 e. The van der Waals surface area contributed by atoms with E-state index in [0.29, 0.717) is 43.1 Å². The lowest BCUT2D eigenvalue weighted by molar-refractivity contribution is -0.153. The zero-order valence-electron chi connectivity index (χ0n) is 19.9. The van der Waals surface area contributed by atoms with Crippen molar-refractivity contribution in [2.45, 2.75) is 25.7 Å². The van der Waals surface area contributed by atoms with Crippen molar-refractivity contribution in [1.29, 1.82) is 0 Å². The summed E-state index contributed by atoms with van der Waals surface area (Å²) in [6, 6.07) is 6.63. The number of halogens is 2. The van der Waals surface area contributed by atoms with E-state index in [1.165, 1.54) is 28.4 Å². The molecule has 2 rings (SSSR count). The summed E-state index contributed by atoms with van der Waals surface area (Å²) in [6.07, 6.45) is 0. The molecule has 0 heterocycles. The van der Waals surface area contributed by atoms with E-state index >= 15 is 0 Å². The van der Waals surface area contributed by atoms with E-state index in [2.05, 4.69) is 31.9 Å². The van der Waals surface area contributed by atoms with E-state index in [4.69, 9.17) is 28.4 Å². The Balaban J connectivity index is 2.86. The number of carbonyl (C=O) groups is 2. The van der Waals surface area contributed by atoms with Gasteiger partial charge >= 0.3 is 11.9 Å². The Morgan fingerprint density at radius 2 is 0.941 bits per heavy atom. The number of methoxy groups -OCH3 is 4. The van der Waals surface area contributed by atoms with Gasteiger partial charge in [-0.25, -0.2) is 0 Å². The maximum absolute atomic E-state index is 13.4. The van der Waals surface area contributed by atoms with E-state index < -0.39 is 23.8 Å².